The van der Waals surface area contributed by atoms with Crippen molar-refractivity contribution in [1.82, 2.24) is 20.2 Å². The summed E-state index contributed by atoms with van der Waals surface area (Å²) >= 11 is 0. The molecule has 0 fully saturated rings. The highest BCUT2D eigenvalue weighted by Gasteiger charge is 2.37. The minimum Gasteiger partial charge on any atom is -0.496 e. The molecule has 1 aromatic carbocycles. The smallest absolute Gasteiger partial charge is 0.288 e. The van der Waals surface area contributed by atoms with Gasteiger partial charge in [0.1, 0.15) is 5.75 Å². The lowest BCUT2D eigenvalue weighted by Crippen LogP contribution is -2.40. The number of aromatic nitrogens is 4. The molecule has 31 heavy (non-hydrogen) atoms. The lowest BCUT2D eigenvalue weighted by molar-refractivity contribution is 0.275. The number of H-pyrrole nitrogens is 1. The maximum atomic E-state index is 6.94. The number of benzene rings is 1. The van der Waals surface area contributed by atoms with Gasteiger partial charge < -0.3 is 19.3 Å². The van der Waals surface area contributed by atoms with Crippen LogP contribution in [0.25, 0.3) is 16.1 Å². The van der Waals surface area contributed by atoms with Gasteiger partial charge >= 0.3 is 0 Å². The van der Waals surface area contributed by atoms with Crippen LogP contribution in [0.5, 0.6) is 5.75 Å². The van der Waals surface area contributed by atoms with Crippen LogP contribution in [0.4, 0.5) is 17.5 Å². The van der Waals surface area contributed by atoms with Gasteiger partial charge in [-0.3, -0.25) is 5.10 Å². The molecule has 0 amide bonds. The normalized spacial score (nSPS) is 11.8. The molecule has 3 rings (SSSR count). The van der Waals surface area contributed by atoms with Crippen molar-refractivity contribution in [2.24, 2.45) is 0 Å². The Morgan fingerprint density at radius 2 is 1.90 bits per heavy atom. The van der Waals surface area contributed by atoms with E-state index in [-0.39, 0.29) is 10.9 Å². The molecule has 0 radical (unpaired) electrons. The third kappa shape index (κ3) is 5.28. The third-order valence-electron chi connectivity index (χ3n) is 5.55. The summed E-state index contributed by atoms with van der Waals surface area (Å²) in [4.78, 5) is 11.4. The quantitative estimate of drug-likeness (QED) is 0.365. The third-order valence-corrected chi connectivity index (χ3v) is 10.0. The molecule has 2 heterocycles. The number of aromatic amines is 1. The molecule has 0 unspecified atom stereocenters. The Morgan fingerprint density at radius 3 is 2.52 bits per heavy atom. The van der Waals surface area contributed by atoms with Gasteiger partial charge in [-0.05, 0) is 35.8 Å². The molecule has 0 atom stereocenters. The summed E-state index contributed by atoms with van der Waals surface area (Å²) in [6.45, 7) is 18.7. The van der Waals surface area contributed by atoms with Crippen molar-refractivity contribution in [2.45, 2.75) is 45.5 Å². The van der Waals surface area contributed by atoms with Crippen LogP contribution < -0.4 is 10.1 Å². The highest BCUT2D eigenvalue weighted by molar-refractivity contribution is 6.74. The SMILES string of the molecule is [C-]#[N+]c1cnc(Nc2cc(-c3ccc(CO[Si](C)(C)C(C)(C)C)cc3OC)[nH]n2)cn1. The van der Waals surface area contributed by atoms with E-state index in [0.29, 0.717) is 18.2 Å². The minimum atomic E-state index is -1.83. The Labute approximate surface area is 184 Å². The standard InChI is InChI=1S/C22H28N6O2Si/c1-22(2,3)31(6,7)30-14-15-8-9-16(18(10-15)29-5)17-11-19(28-27-17)26-21-13-24-20(23-4)12-25-21/h8-13H,14H2,1-3,5-7H3,(H2,25,26,27,28). The Kier molecular flexibility index (Phi) is 6.43. The zero-order chi connectivity index (χ0) is 22.6. The molecule has 9 heteroatoms. The number of rotatable bonds is 7. The van der Waals surface area contributed by atoms with E-state index in [4.69, 9.17) is 15.7 Å². The first-order valence-corrected chi connectivity index (χ1v) is 12.9. The molecule has 0 saturated heterocycles. The van der Waals surface area contributed by atoms with Crippen LogP contribution in [0.15, 0.2) is 36.7 Å². The van der Waals surface area contributed by atoms with Gasteiger partial charge in [-0.15, -0.1) is 4.98 Å². The van der Waals surface area contributed by atoms with Gasteiger partial charge in [-0.25, -0.2) is 4.98 Å². The minimum absolute atomic E-state index is 0.164. The van der Waals surface area contributed by atoms with E-state index < -0.39 is 8.32 Å². The summed E-state index contributed by atoms with van der Waals surface area (Å²) < 4.78 is 12.0. The van der Waals surface area contributed by atoms with Crippen molar-refractivity contribution in [3.05, 3.63) is 53.6 Å². The molecule has 8 nitrogen and oxygen atoms in total. The van der Waals surface area contributed by atoms with Gasteiger partial charge in [0.05, 0.1) is 25.6 Å². The van der Waals surface area contributed by atoms with Crippen LogP contribution in [0.3, 0.4) is 0 Å². The van der Waals surface area contributed by atoms with Gasteiger partial charge in [0.2, 0.25) is 0 Å². The van der Waals surface area contributed by atoms with E-state index in [2.05, 4.69) is 64.2 Å². The van der Waals surface area contributed by atoms with Gasteiger partial charge in [-0.1, -0.05) is 33.4 Å². The van der Waals surface area contributed by atoms with Crippen LogP contribution in [-0.2, 0) is 11.0 Å². The fourth-order valence-corrected chi connectivity index (χ4v) is 3.59. The van der Waals surface area contributed by atoms with Gasteiger partial charge in [0.15, 0.2) is 26.1 Å². The Morgan fingerprint density at radius 1 is 1.13 bits per heavy atom. The molecule has 162 valence electrons. The first-order valence-electron chi connectivity index (χ1n) is 9.96. The maximum absolute atomic E-state index is 6.94. The molecule has 0 aliphatic heterocycles. The highest BCUT2D eigenvalue weighted by atomic mass is 28.4. The second-order valence-electron chi connectivity index (χ2n) is 8.75. The predicted octanol–water partition coefficient (Wildman–Crippen LogP) is 5.69. The van der Waals surface area contributed by atoms with Crippen LogP contribution in [0.2, 0.25) is 18.1 Å². The molecule has 0 saturated carbocycles. The van der Waals surface area contributed by atoms with Crippen molar-refractivity contribution in [1.29, 1.82) is 0 Å². The van der Waals surface area contributed by atoms with E-state index in [1.165, 1.54) is 12.4 Å². The van der Waals surface area contributed by atoms with E-state index in [1.54, 1.807) is 7.11 Å². The lowest BCUT2D eigenvalue weighted by Gasteiger charge is -2.36. The number of methoxy groups -OCH3 is 1. The summed E-state index contributed by atoms with van der Waals surface area (Å²) in [6, 6.07) is 7.93. The molecule has 0 aliphatic carbocycles. The monoisotopic (exact) mass is 436 g/mol. The first kappa shape index (κ1) is 22.5. The van der Waals surface area contributed by atoms with Crippen molar-refractivity contribution in [2.75, 3.05) is 12.4 Å². The van der Waals surface area contributed by atoms with Crippen LogP contribution in [0, 0.1) is 6.57 Å². The largest absolute Gasteiger partial charge is 0.496 e. The fourth-order valence-electron chi connectivity index (χ4n) is 2.63. The predicted molar refractivity (Wildman–Crippen MR) is 124 cm³/mol. The number of nitrogens with zero attached hydrogens (tertiary/aromatic N) is 4. The average Bonchev–Trinajstić information content (AvgIpc) is 3.20. The van der Waals surface area contributed by atoms with Crippen molar-refractivity contribution >= 4 is 25.8 Å². The Bertz CT molecular complexity index is 1080. The lowest BCUT2D eigenvalue weighted by atomic mass is 10.1. The van der Waals surface area contributed by atoms with Crippen molar-refractivity contribution in [3.8, 4) is 17.0 Å². The fraction of sp³-hybridized carbons (Fsp3) is 0.364. The number of ether oxygens (including phenoxy) is 1. The first-order chi connectivity index (χ1) is 14.6. The molecule has 0 spiro atoms. The summed E-state index contributed by atoms with van der Waals surface area (Å²) in [7, 11) is -0.171. The van der Waals surface area contributed by atoms with Crippen LogP contribution >= 0.6 is 0 Å². The van der Waals surface area contributed by atoms with Crippen LogP contribution in [0.1, 0.15) is 26.3 Å². The number of nitrogens with one attached hydrogen (secondary N) is 2. The van der Waals surface area contributed by atoms with Gasteiger partial charge in [0.25, 0.3) is 5.82 Å². The number of anilines is 2. The molecule has 2 aromatic heterocycles. The van der Waals surface area contributed by atoms with Gasteiger partial charge in [0, 0.05) is 11.6 Å². The van der Waals surface area contributed by atoms with Crippen LogP contribution in [-0.4, -0.2) is 35.6 Å². The molecular formula is C22H28N6O2Si. The average molecular weight is 437 g/mol. The molecule has 2 N–H and O–H groups in total. The molecular weight excluding hydrogens is 408 g/mol. The van der Waals surface area contributed by atoms with E-state index >= 15 is 0 Å². The summed E-state index contributed by atoms with van der Waals surface area (Å²) in [6.07, 6.45) is 2.91. The maximum Gasteiger partial charge on any atom is 0.288 e. The zero-order valence-electron chi connectivity index (χ0n) is 18.8. The summed E-state index contributed by atoms with van der Waals surface area (Å²) in [5.41, 5.74) is 2.77. The van der Waals surface area contributed by atoms with Crippen molar-refractivity contribution in [3.63, 3.8) is 0 Å². The van der Waals surface area contributed by atoms with E-state index in [0.717, 1.165) is 22.6 Å². The zero-order valence-corrected chi connectivity index (χ0v) is 19.8. The van der Waals surface area contributed by atoms with Gasteiger partial charge in [-0.2, -0.15) is 5.10 Å². The topological polar surface area (TPSA) is 89.3 Å². The van der Waals surface area contributed by atoms with Crippen molar-refractivity contribution < 1.29 is 9.16 Å². The Hall–Kier alpha value is -3.22. The molecule has 0 aliphatic rings. The Balaban J connectivity index is 1.75. The molecule has 0 bridgehead atoms. The number of hydrogen-bond acceptors (Lipinski definition) is 6. The van der Waals surface area contributed by atoms with E-state index in [1.807, 2.05) is 24.3 Å². The van der Waals surface area contributed by atoms with E-state index in [9.17, 15) is 0 Å². The molecule has 3 aromatic rings. The second kappa shape index (κ2) is 8.87. The second-order valence-corrected chi connectivity index (χ2v) is 13.6. The summed E-state index contributed by atoms with van der Waals surface area (Å²) in [5.74, 6) is 2.09. The number of hydrogen-bond donors (Lipinski definition) is 2. The summed E-state index contributed by atoms with van der Waals surface area (Å²) in [5, 5.41) is 10.5. The highest BCUT2D eigenvalue weighted by Crippen LogP contribution is 2.38.